The van der Waals surface area contributed by atoms with Crippen LogP contribution in [0.1, 0.15) is 5.56 Å². The Morgan fingerprint density at radius 1 is 0.487 bits per heavy atom. The topological polar surface area (TPSA) is 18.1 Å². The van der Waals surface area contributed by atoms with Crippen molar-refractivity contribution in [1.82, 2.24) is 4.57 Å². The number of fused-ring (bicyclic) bond motifs is 6. The van der Waals surface area contributed by atoms with Crippen LogP contribution in [-0.4, -0.2) is 4.57 Å². The second-order valence-corrected chi connectivity index (χ2v) is 10.2. The first-order chi connectivity index (χ1) is 19.3. The van der Waals surface area contributed by atoms with Crippen LogP contribution in [0.25, 0.3) is 71.7 Å². The monoisotopic (exact) mass is 499 g/mol. The van der Waals surface area contributed by atoms with E-state index in [0.717, 1.165) is 27.6 Å². The summed E-state index contributed by atoms with van der Waals surface area (Å²) >= 11 is 0. The van der Waals surface area contributed by atoms with Crippen LogP contribution >= 0.6 is 0 Å². The third-order valence-corrected chi connectivity index (χ3v) is 7.89. The van der Waals surface area contributed by atoms with Crippen molar-refractivity contribution in [3.8, 4) is 27.9 Å². The number of nitrogens with zero attached hydrogens (tertiary/aromatic N) is 1. The van der Waals surface area contributed by atoms with Gasteiger partial charge >= 0.3 is 0 Å². The highest BCUT2D eigenvalue weighted by atomic mass is 16.3. The number of hydrogen-bond acceptors (Lipinski definition) is 1. The summed E-state index contributed by atoms with van der Waals surface area (Å²) in [5, 5.41) is 4.78. The van der Waals surface area contributed by atoms with Crippen LogP contribution in [0.3, 0.4) is 0 Å². The van der Waals surface area contributed by atoms with E-state index in [1.165, 1.54) is 49.6 Å². The van der Waals surface area contributed by atoms with Crippen LogP contribution in [0, 0.1) is 6.92 Å². The summed E-state index contributed by atoms with van der Waals surface area (Å²) in [6, 6.07) is 47.6. The first kappa shape index (κ1) is 22.0. The fourth-order valence-electron chi connectivity index (χ4n) is 6.12. The average molecular weight is 500 g/mol. The standard InChI is InChI=1S/C37H25NO/c1-24-20-22-26(23-21-24)28-14-9-19-34-36(28)30-15-8-18-33(37(30)39-34)38-31-16-6-5-12-29(31)35-27(13-7-17-32(35)38)25-10-3-2-4-11-25/h2-23H,1H3. The molecule has 0 fully saturated rings. The Kier molecular flexibility index (Phi) is 4.77. The van der Waals surface area contributed by atoms with Crippen molar-refractivity contribution in [3.63, 3.8) is 0 Å². The molecular formula is C37H25NO. The van der Waals surface area contributed by atoms with Crippen molar-refractivity contribution in [2.24, 2.45) is 0 Å². The molecule has 0 atom stereocenters. The van der Waals surface area contributed by atoms with Gasteiger partial charge in [0.15, 0.2) is 5.58 Å². The lowest BCUT2D eigenvalue weighted by Crippen LogP contribution is -1.94. The molecule has 2 nitrogen and oxygen atoms in total. The maximum absolute atomic E-state index is 6.69. The molecular weight excluding hydrogens is 474 g/mol. The third kappa shape index (κ3) is 3.28. The van der Waals surface area contributed by atoms with Crippen LogP contribution < -0.4 is 0 Å². The van der Waals surface area contributed by atoms with Crippen LogP contribution in [0.4, 0.5) is 0 Å². The van der Waals surface area contributed by atoms with Gasteiger partial charge in [0.1, 0.15) is 5.58 Å². The van der Waals surface area contributed by atoms with Crippen molar-refractivity contribution in [2.45, 2.75) is 6.92 Å². The highest BCUT2D eigenvalue weighted by molar-refractivity contribution is 6.18. The van der Waals surface area contributed by atoms with Gasteiger partial charge in [-0.1, -0.05) is 115 Å². The van der Waals surface area contributed by atoms with E-state index in [1.54, 1.807) is 0 Å². The van der Waals surface area contributed by atoms with Gasteiger partial charge in [0.25, 0.3) is 0 Å². The van der Waals surface area contributed by atoms with Crippen molar-refractivity contribution in [1.29, 1.82) is 0 Å². The summed E-state index contributed by atoms with van der Waals surface area (Å²) in [6.45, 7) is 2.12. The smallest absolute Gasteiger partial charge is 0.159 e. The Hall–Kier alpha value is -5.08. The largest absolute Gasteiger partial charge is 0.454 e. The van der Waals surface area contributed by atoms with Crippen LogP contribution in [0.2, 0.25) is 0 Å². The first-order valence-corrected chi connectivity index (χ1v) is 13.4. The molecule has 0 radical (unpaired) electrons. The van der Waals surface area contributed by atoms with E-state index in [9.17, 15) is 0 Å². The van der Waals surface area contributed by atoms with E-state index in [0.29, 0.717) is 0 Å². The quantitative estimate of drug-likeness (QED) is 0.236. The number of furan rings is 1. The number of benzene rings is 6. The molecule has 184 valence electrons. The summed E-state index contributed by atoms with van der Waals surface area (Å²) in [6.07, 6.45) is 0. The zero-order chi connectivity index (χ0) is 25.9. The SMILES string of the molecule is Cc1ccc(-c2cccc3oc4c(-n5c6ccccc6c6c(-c7ccccc7)cccc65)cccc4c23)cc1. The predicted molar refractivity (Wildman–Crippen MR) is 164 cm³/mol. The Balaban J connectivity index is 1.47. The molecule has 0 aliphatic carbocycles. The molecule has 2 heterocycles. The molecule has 0 amide bonds. The minimum Gasteiger partial charge on any atom is -0.454 e. The van der Waals surface area contributed by atoms with Crippen molar-refractivity contribution >= 4 is 43.7 Å². The Bertz CT molecular complexity index is 2160. The molecule has 8 rings (SSSR count). The van der Waals surface area contributed by atoms with E-state index in [2.05, 4.69) is 145 Å². The third-order valence-electron chi connectivity index (χ3n) is 7.89. The molecule has 0 spiro atoms. The van der Waals surface area contributed by atoms with Gasteiger partial charge in [-0.2, -0.15) is 0 Å². The second-order valence-electron chi connectivity index (χ2n) is 10.2. The van der Waals surface area contributed by atoms with Gasteiger partial charge in [0, 0.05) is 21.5 Å². The van der Waals surface area contributed by atoms with Crippen LogP contribution in [0.5, 0.6) is 0 Å². The maximum atomic E-state index is 6.69. The highest BCUT2D eigenvalue weighted by Gasteiger charge is 2.20. The first-order valence-electron chi connectivity index (χ1n) is 13.4. The molecule has 0 saturated heterocycles. The number of rotatable bonds is 3. The Morgan fingerprint density at radius 2 is 1.13 bits per heavy atom. The fourth-order valence-corrected chi connectivity index (χ4v) is 6.12. The van der Waals surface area contributed by atoms with E-state index < -0.39 is 0 Å². The molecule has 0 aliphatic heterocycles. The number of para-hydroxylation sites is 2. The number of hydrogen-bond donors (Lipinski definition) is 0. The van der Waals surface area contributed by atoms with Crippen LogP contribution in [-0.2, 0) is 0 Å². The summed E-state index contributed by atoms with van der Waals surface area (Å²) in [5.41, 5.74) is 11.3. The fraction of sp³-hybridized carbons (Fsp3) is 0.0270. The summed E-state index contributed by atoms with van der Waals surface area (Å²) in [7, 11) is 0. The maximum Gasteiger partial charge on any atom is 0.159 e. The summed E-state index contributed by atoms with van der Waals surface area (Å²) in [5.74, 6) is 0. The van der Waals surface area contributed by atoms with Gasteiger partial charge in [-0.3, -0.25) is 0 Å². The lowest BCUT2D eigenvalue weighted by molar-refractivity contribution is 0.666. The second kappa shape index (κ2) is 8.47. The lowest BCUT2D eigenvalue weighted by Gasteiger charge is -2.09. The van der Waals surface area contributed by atoms with E-state index in [1.807, 2.05) is 0 Å². The minimum absolute atomic E-state index is 0.903. The summed E-state index contributed by atoms with van der Waals surface area (Å²) < 4.78 is 9.05. The zero-order valence-corrected chi connectivity index (χ0v) is 21.6. The molecule has 0 bridgehead atoms. The Labute approximate surface area is 226 Å². The molecule has 0 aliphatic rings. The van der Waals surface area contributed by atoms with Gasteiger partial charge in [0.2, 0.25) is 0 Å². The van der Waals surface area contributed by atoms with Gasteiger partial charge in [-0.15, -0.1) is 0 Å². The molecule has 0 unspecified atom stereocenters. The molecule has 2 heteroatoms. The normalized spacial score (nSPS) is 11.7. The predicted octanol–water partition coefficient (Wildman–Crippen LogP) is 10.3. The number of aryl methyl sites for hydroxylation is 1. The van der Waals surface area contributed by atoms with Gasteiger partial charge in [0.05, 0.1) is 16.7 Å². The van der Waals surface area contributed by atoms with Crippen LogP contribution in [0.15, 0.2) is 138 Å². The molecule has 39 heavy (non-hydrogen) atoms. The van der Waals surface area contributed by atoms with Crippen molar-refractivity contribution in [3.05, 3.63) is 139 Å². The molecule has 0 N–H and O–H groups in total. The van der Waals surface area contributed by atoms with E-state index in [-0.39, 0.29) is 0 Å². The van der Waals surface area contributed by atoms with Gasteiger partial charge in [-0.05, 0) is 53.4 Å². The number of aromatic nitrogens is 1. The zero-order valence-electron chi connectivity index (χ0n) is 21.6. The lowest BCUT2D eigenvalue weighted by atomic mass is 9.98. The minimum atomic E-state index is 0.903. The van der Waals surface area contributed by atoms with Crippen molar-refractivity contribution in [2.75, 3.05) is 0 Å². The summed E-state index contributed by atoms with van der Waals surface area (Å²) in [4.78, 5) is 0. The van der Waals surface area contributed by atoms with Gasteiger partial charge in [-0.25, -0.2) is 0 Å². The van der Waals surface area contributed by atoms with Gasteiger partial charge < -0.3 is 8.98 Å². The molecule has 6 aromatic carbocycles. The van der Waals surface area contributed by atoms with E-state index in [4.69, 9.17) is 4.42 Å². The van der Waals surface area contributed by atoms with Crippen molar-refractivity contribution < 1.29 is 4.42 Å². The molecule has 2 aromatic heterocycles. The molecule has 8 aromatic rings. The Morgan fingerprint density at radius 3 is 1.97 bits per heavy atom. The highest BCUT2D eigenvalue weighted by Crippen LogP contribution is 2.42. The average Bonchev–Trinajstić information content (AvgIpc) is 3.54. The van der Waals surface area contributed by atoms with E-state index >= 15 is 0 Å². The molecule has 0 saturated carbocycles.